The number of carbonyl (C=O) groups excluding carboxylic acids is 5. The van der Waals surface area contributed by atoms with Crippen LogP contribution in [-0.4, -0.2) is 89.7 Å². The van der Waals surface area contributed by atoms with Crippen molar-refractivity contribution in [1.82, 2.24) is 0 Å². The standard InChI is InChI=1S/C28H35ClO12/c1-11-18(29)22-28(12(2)25(34)40-22)24(39-16(6)33)21-26(7,17(36-13(3)30)8-9-27(21)10-35-27)23(38-15(5)32)20(19(11)41-28)37-14(4)31/h12,17-24H,1,8-10H2,2-7H3/t12-,17-,18-,19-,20+,21+,22-,23-,24-,26-,27-,28?/m0/s1. The molecular formula is C28H35ClO12. The van der Waals surface area contributed by atoms with Gasteiger partial charge in [0.2, 0.25) is 0 Å². The highest BCUT2D eigenvalue weighted by Crippen LogP contribution is 2.65. The first kappa shape index (κ1) is 29.8. The fourth-order valence-corrected chi connectivity index (χ4v) is 8.15. The van der Waals surface area contributed by atoms with Gasteiger partial charge in [0.05, 0.1) is 28.9 Å². The quantitative estimate of drug-likeness (QED) is 0.152. The molecule has 5 fully saturated rings. The van der Waals surface area contributed by atoms with Crippen LogP contribution in [-0.2, 0) is 57.1 Å². The van der Waals surface area contributed by atoms with Gasteiger partial charge in [0.1, 0.15) is 18.3 Å². The lowest BCUT2D eigenvalue weighted by Crippen LogP contribution is -2.77. The van der Waals surface area contributed by atoms with Crippen molar-refractivity contribution in [3.63, 3.8) is 0 Å². The third kappa shape index (κ3) is 4.36. The van der Waals surface area contributed by atoms with Crippen molar-refractivity contribution in [1.29, 1.82) is 0 Å². The van der Waals surface area contributed by atoms with E-state index in [1.807, 2.05) is 0 Å². The number of halogens is 1. The molecule has 2 spiro atoms. The number of esters is 5. The summed E-state index contributed by atoms with van der Waals surface area (Å²) in [7, 11) is 0. The number of carbonyl (C=O) groups is 5. The van der Waals surface area contributed by atoms with Crippen molar-refractivity contribution in [2.75, 3.05) is 6.61 Å². The van der Waals surface area contributed by atoms with Crippen molar-refractivity contribution < 1.29 is 57.1 Å². The summed E-state index contributed by atoms with van der Waals surface area (Å²) >= 11 is 6.93. The molecule has 1 aliphatic carbocycles. The van der Waals surface area contributed by atoms with E-state index in [2.05, 4.69) is 6.58 Å². The number of hydrogen-bond donors (Lipinski definition) is 0. The average molecular weight is 599 g/mol. The number of alkyl halides is 1. The van der Waals surface area contributed by atoms with Crippen molar-refractivity contribution in [3.05, 3.63) is 12.2 Å². The van der Waals surface area contributed by atoms with Gasteiger partial charge in [-0.2, -0.15) is 0 Å². The van der Waals surface area contributed by atoms with Gasteiger partial charge in [0.15, 0.2) is 23.9 Å². The summed E-state index contributed by atoms with van der Waals surface area (Å²) in [6.07, 6.45) is -6.51. The van der Waals surface area contributed by atoms with Gasteiger partial charge in [-0.25, -0.2) is 0 Å². The average Bonchev–Trinajstić information content (AvgIpc) is 3.58. The van der Waals surface area contributed by atoms with E-state index in [4.69, 9.17) is 44.8 Å². The molecule has 2 bridgehead atoms. The zero-order valence-corrected chi connectivity index (χ0v) is 24.6. The molecule has 13 heteroatoms. The van der Waals surface area contributed by atoms with Crippen LogP contribution in [0, 0.1) is 17.3 Å². The Hall–Kier alpha value is -2.70. The molecule has 12 atom stereocenters. The Bertz CT molecular complexity index is 1200. The SMILES string of the molecule is C=C1[C@H](Cl)[C@@H]2OC(=O)[C@H](C)C23O[C@@H]1[C@@H](OC(C)=O)[C@H](OC(C)=O)[C@@]1(C)[C@@H](OC(C)=O)CC[C@]2(CO2)[C@@H]1[C@@H]3OC(C)=O. The summed E-state index contributed by atoms with van der Waals surface area (Å²) < 4.78 is 42.4. The maximum absolute atomic E-state index is 13.2. The molecule has 5 aliphatic rings. The maximum Gasteiger partial charge on any atom is 0.312 e. The van der Waals surface area contributed by atoms with Crippen LogP contribution in [0.5, 0.6) is 0 Å². The Kier molecular flexibility index (Phi) is 7.22. The summed E-state index contributed by atoms with van der Waals surface area (Å²) in [5, 5.41) is -1.05. The summed E-state index contributed by atoms with van der Waals surface area (Å²) in [6, 6.07) is 0. The van der Waals surface area contributed by atoms with E-state index in [1.54, 1.807) is 13.8 Å². The number of epoxide rings is 1. The second kappa shape index (κ2) is 9.95. The predicted molar refractivity (Wildman–Crippen MR) is 137 cm³/mol. The lowest BCUT2D eigenvalue weighted by atomic mass is 9.51. The highest BCUT2D eigenvalue weighted by molar-refractivity contribution is 6.23. The lowest BCUT2D eigenvalue weighted by molar-refractivity contribution is -0.308. The van der Waals surface area contributed by atoms with Crippen LogP contribution in [0.2, 0.25) is 0 Å². The minimum Gasteiger partial charge on any atom is -0.462 e. The van der Waals surface area contributed by atoms with Gasteiger partial charge < -0.3 is 33.2 Å². The molecule has 0 aromatic carbocycles. The Labute approximate surface area is 242 Å². The van der Waals surface area contributed by atoms with Crippen molar-refractivity contribution >= 4 is 41.4 Å². The summed E-state index contributed by atoms with van der Waals surface area (Å²) in [6.45, 7) is 12.5. The van der Waals surface area contributed by atoms with E-state index in [9.17, 15) is 24.0 Å². The monoisotopic (exact) mass is 598 g/mol. The summed E-state index contributed by atoms with van der Waals surface area (Å²) in [4.78, 5) is 63.7. The van der Waals surface area contributed by atoms with Gasteiger partial charge in [-0.15, -0.1) is 11.6 Å². The summed E-state index contributed by atoms with van der Waals surface area (Å²) in [5.41, 5.74) is -3.83. The molecule has 5 rings (SSSR count). The van der Waals surface area contributed by atoms with E-state index in [1.165, 1.54) is 27.7 Å². The van der Waals surface area contributed by atoms with Crippen molar-refractivity contribution in [2.24, 2.45) is 17.3 Å². The van der Waals surface area contributed by atoms with E-state index >= 15 is 0 Å². The zero-order chi connectivity index (χ0) is 30.2. The Morgan fingerprint density at radius 2 is 1.51 bits per heavy atom. The van der Waals surface area contributed by atoms with Crippen LogP contribution >= 0.6 is 11.6 Å². The predicted octanol–water partition coefficient (Wildman–Crippen LogP) is 1.77. The van der Waals surface area contributed by atoms with Gasteiger partial charge in [-0.3, -0.25) is 24.0 Å². The molecule has 0 amide bonds. The topological polar surface area (TPSA) is 153 Å². The fraction of sp³-hybridized carbons (Fsp3) is 0.750. The van der Waals surface area contributed by atoms with Crippen LogP contribution in [0.25, 0.3) is 0 Å². The Balaban J connectivity index is 1.86. The molecule has 12 nitrogen and oxygen atoms in total. The third-order valence-corrected chi connectivity index (χ3v) is 9.97. The Morgan fingerprint density at radius 3 is 2.05 bits per heavy atom. The molecule has 4 aliphatic heterocycles. The zero-order valence-electron chi connectivity index (χ0n) is 23.8. The van der Waals surface area contributed by atoms with E-state index in [0.717, 1.165) is 0 Å². The van der Waals surface area contributed by atoms with Crippen molar-refractivity contribution in [3.8, 4) is 0 Å². The first-order chi connectivity index (χ1) is 19.1. The summed E-state index contributed by atoms with van der Waals surface area (Å²) in [5.74, 6) is -5.25. The smallest absolute Gasteiger partial charge is 0.312 e. The highest BCUT2D eigenvalue weighted by Gasteiger charge is 2.80. The van der Waals surface area contributed by atoms with Crippen LogP contribution in [0.15, 0.2) is 12.2 Å². The van der Waals surface area contributed by atoms with Gasteiger partial charge in [0.25, 0.3) is 0 Å². The van der Waals surface area contributed by atoms with Crippen LogP contribution in [0.1, 0.15) is 54.4 Å². The molecule has 226 valence electrons. The first-order valence-corrected chi connectivity index (χ1v) is 14.1. The number of hydrogen-bond acceptors (Lipinski definition) is 12. The van der Waals surface area contributed by atoms with E-state index in [-0.39, 0.29) is 12.2 Å². The van der Waals surface area contributed by atoms with Crippen LogP contribution in [0.4, 0.5) is 0 Å². The van der Waals surface area contributed by atoms with Gasteiger partial charge in [-0.05, 0) is 25.3 Å². The number of rotatable bonds is 4. The fourth-order valence-electron chi connectivity index (χ4n) is 7.78. The molecule has 4 heterocycles. The highest BCUT2D eigenvalue weighted by atomic mass is 35.5. The lowest BCUT2D eigenvalue weighted by Gasteiger charge is -2.62. The molecule has 0 N–H and O–H groups in total. The van der Waals surface area contributed by atoms with E-state index < -0.39 is 100 Å². The van der Waals surface area contributed by atoms with E-state index in [0.29, 0.717) is 12.8 Å². The first-order valence-electron chi connectivity index (χ1n) is 13.6. The van der Waals surface area contributed by atoms with Crippen LogP contribution < -0.4 is 0 Å². The number of ether oxygens (including phenoxy) is 7. The van der Waals surface area contributed by atoms with Gasteiger partial charge in [-0.1, -0.05) is 13.5 Å². The van der Waals surface area contributed by atoms with Gasteiger partial charge in [0, 0.05) is 33.6 Å². The van der Waals surface area contributed by atoms with Crippen LogP contribution in [0.3, 0.4) is 0 Å². The molecular weight excluding hydrogens is 564 g/mol. The molecule has 1 unspecified atom stereocenters. The maximum atomic E-state index is 13.2. The van der Waals surface area contributed by atoms with Crippen molar-refractivity contribution in [2.45, 2.75) is 108 Å². The number of fused-ring (bicyclic) bond motifs is 3. The van der Waals surface area contributed by atoms with Gasteiger partial charge >= 0.3 is 29.8 Å². The molecule has 4 saturated heterocycles. The largest absolute Gasteiger partial charge is 0.462 e. The normalized spacial score (nSPS) is 46.2. The molecule has 0 radical (unpaired) electrons. The Morgan fingerprint density at radius 1 is 0.951 bits per heavy atom. The second-order valence-corrected chi connectivity index (χ2v) is 12.4. The second-order valence-electron chi connectivity index (χ2n) is 11.9. The minimum atomic E-state index is -1.69. The molecule has 0 aromatic rings. The molecule has 41 heavy (non-hydrogen) atoms. The molecule has 0 aromatic heterocycles. The third-order valence-electron chi connectivity index (χ3n) is 9.46. The minimum absolute atomic E-state index is 0.207. The molecule has 1 saturated carbocycles.